The highest BCUT2D eigenvalue weighted by atomic mass is 79.9. The molecule has 7 heteroatoms. The Morgan fingerprint density at radius 1 is 1.25 bits per heavy atom. The molecule has 0 aliphatic heterocycles. The Balaban J connectivity index is 2.06. The molecule has 0 radical (unpaired) electrons. The number of benzene rings is 2. The van der Waals surface area contributed by atoms with Gasteiger partial charge < -0.3 is 9.15 Å². The number of rotatable bonds is 3. The number of fused-ring (bicyclic) bond motifs is 3. The van der Waals surface area contributed by atoms with Crippen LogP contribution in [0.25, 0.3) is 33.6 Å². The van der Waals surface area contributed by atoms with Crippen LogP contribution < -0.4 is 5.63 Å². The lowest BCUT2D eigenvalue weighted by molar-refractivity contribution is -0.134. The van der Waals surface area contributed by atoms with Gasteiger partial charge in [0, 0.05) is 21.5 Å². The summed E-state index contributed by atoms with van der Waals surface area (Å²) in [6, 6.07) is 13.0. The molecule has 0 saturated carbocycles. The van der Waals surface area contributed by atoms with Crippen LogP contribution in [-0.4, -0.2) is 22.9 Å². The van der Waals surface area contributed by atoms with E-state index < -0.39 is 11.6 Å². The SMILES string of the molecule is COC(=O)/C=C/c1ccccc1-n1nc(C)c2c(=O)oc3cc(Br)ccc3c21. The van der Waals surface area contributed by atoms with Crippen molar-refractivity contribution in [3.8, 4) is 5.69 Å². The zero-order valence-corrected chi connectivity index (χ0v) is 16.7. The molecule has 0 fully saturated rings. The minimum Gasteiger partial charge on any atom is -0.466 e. The summed E-state index contributed by atoms with van der Waals surface area (Å²) in [6.07, 6.45) is 3.01. The average Bonchev–Trinajstić information content (AvgIpc) is 3.04. The summed E-state index contributed by atoms with van der Waals surface area (Å²) in [5.74, 6) is -0.452. The number of hydrogen-bond acceptors (Lipinski definition) is 5. The molecule has 28 heavy (non-hydrogen) atoms. The van der Waals surface area contributed by atoms with Gasteiger partial charge in [-0.2, -0.15) is 5.10 Å². The predicted molar refractivity (Wildman–Crippen MR) is 111 cm³/mol. The quantitative estimate of drug-likeness (QED) is 0.269. The first-order valence-electron chi connectivity index (χ1n) is 8.46. The Labute approximate surface area is 168 Å². The van der Waals surface area contributed by atoms with Gasteiger partial charge in [0.25, 0.3) is 0 Å². The molecule has 0 aliphatic rings. The van der Waals surface area contributed by atoms with Crippen molar-refractivity contribution >= 4 is 49.8 Å². The number of nitrogens with zero attached hydrogens (tertiary/aromatic N) is 2. The summed E-state index contributed by atoms with van der Waals surface area (Å²) in [4.78, 5) is 24.1. The summed E-state index contributed by atoms with van der Waals surface area (Å²) in [5, 5.41) is 5.80. The van der Waals surface area contributed by atoms with E-state index in [1.165, 1.54) is 13.2 Å². The van der Waals surface area contributed by atoms with Gasteiger partial charge in [-0.3, -0.25) is 0 Å². The number of halogens is 1. The summed E-state index contributed by atoms with van der Waals surface area (Å²) in [6.45, 7) is 1.77. The maximum absolute atomic E-state index is 12.6. The standard InChI is InChI=1S/C21H15BrN2O4/c1-12-19-20(15-9-8-14(22)11-17(15)28-21(19)26)24(23-12)16-6-4-3-5-13(16)7-10-18(25)27-2/h3-11H,1-2H3/b10-7+. The first kappa shape index (κ1) is 18.2. The van der Waals surface area contributed by atoms with E-state index in [9.17, 15) is 9.59 Å². The Morgan fingerprint density at radius 2 is 2.04 bits per heavy atom. The lowest BCUT2D eigenvalue weighted by Crippen LogP contribution is -2.03. The van der Waals surface area contributed by atoms with E-state index in [1.54, 1.807) is 23.7 Å². The van der Waals surface area contributed by atoms with E-state index in [0.29, 0.717) is 22.2 Å². The van der Waals surface area contributed by atoms with Crippen LogP contribution in [0.2, 0.25) is 0 Å². The van der Waals surface area contributed by atoms with E-state index in [1.807, 2.05) is 36.4 Å². The lowest BCUT2D eigenvalue weighted by atomic mass is 10.1. The maximum Gasteiger partial charge on any atom is 0.347 e. The van der Waals surface area contributed by atoms with Gasteiger partial charge in [0.05, 0.1) is 24.0 Å². The fraction of sp³-hybridized carbons (Fsp3) is 0.0952. The molecule has 0 spiro atoms. The fourth-order valence-electron chi connectivity index (χ4n) is 3.17. The van der Waals surface area contributed by atoms with Crippen LogP contribution in [0.3, 0.4) is 0 Å². The Morgan fingerprint density at radius 3 is 2.82 bits per heavy atom. The van der Waals surface area contributed by atoms with E-state index in [4.69, 9.17) is 4.42 Å². The third-order valence-corrected chi connectivity index (χ3v) is 4.92. The molecular weight excluding hydrogens is 424 g/mol. The molecule has 0 unspecified atom stereocenters. The van der Waals surface area contributed by atoms with Gasteiger partial charge >= 0.3 is 11.6 Å². The van der Waals surface area contributed by atoms with Crippen LogP contribution >= 0.6 is 15.9 Å². The molecule has 4 aromatic rings. The molecule has 0 saturated heterocycles. The van der Waals surface area contributed by atoms with Gasteiger partial charge in [0.15, 0.2) is 0 Å². The third-order valence-electron chi connectivity index (χ3n) is 4.43. The van der Waals surface area contributed by atoms with E-state index in [2.05, 4.69) is 25.8 Å². The fourth-order valence-corrected chi connectivity index (χ4v) is 3.51. The van der Waals surface area contributed by atoms with Crippen molar-refractivity contribution < 1.29 is 13.9 Å². The second kappa shape index (κ2) is 7.09. The van der Waals surface area contributed by atoms with E-state index in [-0.39, 0.29) is 0 Å². The number of carbonyl (C=O) groups excluding carboxylic acids is 1. The number of aromatic nitrogens is 2. The zero-order chi connectivity index (χ0) is 19.8. The number of para-hydroxylation sites is 1. The minimum absolute atomic E-state index is 0.432. The number of hydrogen-bond donors (Lipinski definition) is 0. The molecule has 0 aliphatic carbocycles. The van der Waals surface area contributed by atoms with Gasteiger partial charge in [0.1, 0.15) is 11.0 Å². The number of ether oxygens (including phenoxy) is 1. The molecule has 2 heterocycles. The molecule has 0 bridgehead atoms. The first-order valence-corrected chi connectivity index (χ1v) is 9.26. The van der Waals surface area contributed by atoms with Gasteiger partial charge in [-0.05, 0) is 37.3 Å². The van der Waals surface area contributed by atoms with Gasteiger partial charge in [-0.1, -0.05) is 34.1 Å². The van der Waals surface area contributed by atoms with Crippen LogP contribution in [0.15, 0.2) is 62.2 Å². The summed E-state index contributed by atoms with van der Waals surface area (Å²) in [5.41, 5.74) is 2.75. The minimum atomic E-state index is -0.452. The van der Waals surface area contributed by atoms with E-state index in [0.717, 1.165) is 21.1 Å². The number of esters is 1. The highest BCUT2D eigenvalue weighted by Gasteiger charge is 2.18. The molecule has 2 aromatic carbocycles. The van der Waals surface area contributed by atoms with Crippen molar-refractivity contribution in [3.05, 3.63) is 74.7 Å². The van der Waals surface area contributed by atoms with Crippen molar-refractivity contribution in [3.63, 3.8) is 0 Å². The summed E-state index contributed by atoms with van der Waals surface area (Å²) in [7, 11) is 1.33. The smallest absolute Gasteiger partial charge is 0.347 e. The lowest BCUT2D eigenvalue weighted by Gasteiger charge is -2.09. The Bertz CT molecular complexity index is 1320. The summed E-state index contributed by atoms with van der Waals surface area (Å²) >= 11 is 3.40. The second-order valence-corrected chi connectivity index (χ2v) is 7.08. The summed E-state index contributed by atoms with van der Waals surface area (Å²) < 4.78 is 12.7. The second-order valence-electron chi connectivity index (χ2n) is 6.17. The topological polar surface area (TPSA) is 74.3 Å². The van der Waals surface area contributed by atoms with Crippen molar-refractivity contribution in [2.24, 2.45) is 0 Å². The zero-order valence-electron chi connectivity index (χ0n) is 15.1. The van der Waals surface area contributed by atoms with E-state index >= 15 is 0 Å². The molecule has 140 valence electrons. The van der Waals surface area contributed by atoms with Crippen LogP contribution in [0.1, 0.15) is 11.3 Å². The number of methoxy groups -OCH3 is 1. The molecular formula is C21H15BrN2O4. The van der Waals surface area contributed by atoms with Gasteiger partial charge in [-0.15, -0.1) is 0 Å². The number of aryl methyl sites for hydroxylation is 1. The van der Waals surface area contributed by atoms with Crippen molar-refractivity contribution in [2.45, 2.75) is 6.92 Å². The maximum atomic E-state index is 12.6. The molecule has 6 nitrogen and oxygen atoms in total. The monoisotopic (exact) mass is 438 g/mol. The first-order chi connectivity index (χ1) is 13.5. The highest BCUT2D eigenvalue weighted by Crippen LogP contribution is 2.30. The molecule has 2 aromatic heterocycles. The van der Waals surface area contributed by atoms with Crippen LogP contribution in [0.5, 0.6) is 0 Å². The highest BCUT2D eigenvalue weighted by molar-refractivity contribution is 9.10. The largest absolute Gasteiger partial charge is 0.466 e. The molecule has 0 amide bonds. The molecule has 0 atom stereocenters. The average molecular weight is 439 g/mol. The van der Waals surface area contributed by atoms with Crippen LogP contribution in [0, 0.1) is 6.92 Å². The van der Waals surface area contributed by atoms with Gasteiger partial charge in [-0.25, -0.2) is 14.3 Å². The number of carbonyl (C=O) groups is 1. The van der Waals surface area contributed by atoms with Crippen LogP contribution in [0.4, 0.5) is 0 Å². The predicted octanol–water partition coefficient (Wildman–Crippen LogP) is 4.39. The van der Waals surface area contributed by atoms with Crippen molar-refractivity contribution in [2.75, 3.05) is 7.11 Å². The van der Waals surface area contributed by atoms with Crippen molar-refractivity contribution in [1.29, 1.82) is 0 Å². The molecule has 4 rings (SSSR count). The van der Waals surface area contributed by atoms with Crippen molar-refractivity contribution in [1.82, 2.24) is 9.78 Å². The normalized spacial score (nSPS) is 11.5. The molecule has 0 N–H and O–H groups in total. The van der Waals surface area contributed by atoms with Crippen LogP contribution in [-0.2, 0) is 9.53 Å². The Kier molecular flexibility index (Phi) is 4.60. The Hall–Kier alpha value is -3.19. The third kappa shape index (κ3) is 3.03. The van der Waals surface area contributed by atoms with Gasteiger partial charge in [0.2, 0.25) is 0 Å².